The third-order valence-electron chi connectivity index (χ3n) is 4.49. The minimum Gasteiger partial charge on any atom is -0.394 e. The van der Waals surface area contributed by atoms with Crippen molar-refractivity contribution in [3.63, 3.8) is 0 Å². The van der Waals surface area contributed by atoms with E-state index in [2.05, 4.69) is 15.3 Å². The van der Waals surface area contributed by atoms with Crippen LogP contribution in [0.5, 0.6) is 0 Å². The van der Waals surface area contributed by atoms with Gasteiger partial charge in [-0.15, -0.1) is 0 Å². The van der Waals surface area contributed by atoms with Gasteiger partial charge in [-0.25, -0.2) is 14.8 Å². The Morgan fingerprint density at radius 2 is 2.00 bits per heavy atom. The highest BCUT2D eigenvalue weighted by Crippen LogP contribution is 2.22. The number of nitrogens with one attached hydrogen (secondary N) is 1. The van der Waals surface area contributed by atoms with Gasteiger partial charge in [-0.05, 0) is 30.9 Å². The van der Waals surface area contributed by atoms with Gasteiger partial charge in [0.25, 0.3) is 0 Å². The molecule has 2 N–H and O–H groups in total. The first kappa shape index (κ1) is 16.4. The van der Waals surface area contributed by atoms with Crippen LogP contribution in [0.15, 0.2) is 43.0 Å². The Bertz CT molecular complexity index is 675. The molecule has 1 saturated heterocycles. The summed E-state index contributed by atoms with van der Waals surface area (Å²) in [7, 11) is 0. The Hall–Kier alpha value is -2.47. The third-order valence-corrected chi connectivity index (χ3v) is 4.49. The standard InChI is InChI=1S/C18H22N4O2/c1-13(21-18(24)22-8-2-3-17(22)11-23)14-4-6-15(7-5-14)16-9-19-12-20-10-16/h4-7,9-10,12-13,17,23H,2-3,8,11H2,1H3,(H,21,24)/t13?,17-/m0/s1. The van der Waals surface area contributed by atoms with Gasteiger partial charge < -0.3 is 15.3 Å². The van der Waals surface area contributed by atoms with Crippen LogP contribution in [0.25, 0.3) is 11.1 Å². The first-order chi connectivity index (χ1) is 11.7. The fraction of sp³-hybridized carbons (Fsp3) is 0.389. The Morgan fingerprint density at radius 1 is 1.29 bits per heavy atom. The lowest BCUT2D eigenvalue weighted by Crippen LogP contribution is -2.44. The summed E-state index contributed by atoms with van der Waals surface area (Å²) in [5.74, 6) is 0. The number of hydrogen-bond donors (Lipinski definition) is 2. The van der Waals surface area contributed by atoms with Gasteiger partial charge in [0.05, 0.1) is 18.7 Å². The molecular weight excluding hydrogens is 304 g/mol. The van der Waals surface area contributed by atoms with E-state index in [0.29, 0.717) is 6.54 Å². The Kier molecular flexibility index (Phi) is 5.05. The van der Waals surface area contributed by atoms with Crippen LogP contribution in [0.4, 0.5) is 4.79 Å². The minimum absolute atomic E-state index is 0.0235. The number of benzene rings is 1. The van der Waals surface area contributed by atoms with E-state index in [0.717, 1.165) is 29.5 Å². The number of aromatic nitrogens is 2. The second-order valence-electron chi connectivity index (χ2n) is 6.09. The van der Waals surface area contributed by atoms with E-state index in [-0.39, 0.29) is 24.7 Å². The summed E-state index contributed by atoms with van der Waals surface area (Å²) in [4.78, 5) is 22.1. The molecule has 2 aromatic rings. The second kappa shape index (κ2) is 7.40. The van der Waals surface area contributed by atoms with Crippen molar-refractivity contribution in [2.45, 2.75) is 31.8 Å². The molecule has 0 aliphatic carbocycles. The summed E-state index contributed by atoms with van der Waals surface area (Å²) in [6.07, 6.45) is 6.87. The fourth-order valence-corrected chi connectivity index (χ4v) is 3.06. The SMILES string of the molecule is CC(NC(=O)N1CCC[C@H]1CO)c1ccc(-c2cncnc2)cc1. The van der Waals surface area contributed by atoms with E-state index in [1.165, 1.54) is 6.33 Å². The Balaban J connectivity index is 1.65. The normalized spacial score (nSPS) is 18.4. The molecular formula is C18H22N4O2. The maximum atomic E-state index is 12.4. The maximum Gasteiger partial charge on any atom is 0.318 e. The van der Waals surface area contributed by atoms with Crippen molar-refractivity contribution in [3.8, 4) is 11.1 Å². The number of nitrogens with zero attached hydrogens (tertiary/aromatic N) is 3. The van der Waals surface area contributed by atoms with E-state index in [9.17, 15) is 9.90 Å². The summed E-state index contributed by atoms with van der Waals surface area (Å²) in [6.45, 7) is 2.69. The van der Waals surface area contributed by atoms with Crippen molar-refractivity contribution >= 4 is 6.03 Å². The lowest BCUT2D eigenvalue weighted by molar-refractivity contribution is 0.155. The number of hydrogen-bond acceptors (Lipinski definition) is 4. The van der Waals surface area contributed by atoms with Gasteiger partial charge in [0, 0.05) is 24.5 Å². The molecule has 1 aliphatic heterocycles. The zero-order chi connectivity index (χ0) is 16.9. The van der Waals surface area contributed by atoms with Crippen LogP contribution in [0.1, 0.15) is 31.4 Å². The summed E-state index contributed by atoms with van der Waals surface area (Å²) >= 11 is 0. The first-order valence-electron chi connectivity index (χ1n) is 8.22. The molecule has 3 rings (SSSR count). The molecule has 0 radical (unpaired) electrons. The lowest BCUT2D eigenvalue weighted by Gasteiger charge is -2.25. The van der Waals surface area contributed by atoms with E-state index in [1.54, 1.807) is 17.3 Å². The van der Waals surface area contributed by atoms with Crippen LogP contribution in [0.2, 0.25) is 0 Å². The average Bonchev–Trinajstić information content (AvgIpc) is 3.11. The topological polar surface area (TPSA) is 78.4 Å². The molecule has 24 heavy (non-hydrogen) atoms. The molecule has 1 aliphatic rings. The molecule has 6 nitrogen and oxygen atoms in total. The van der Waals surface area contributed by atoms with Gasteiger partial charge in [-0.1, -0.05) is 24.3 Å². The Morgan fingerprint density at radius 3 is 2.67 bits per heavy atom. The molecule has 2 heterocycles. The molecule has 1 aromatic carbocycles. The molecule has 6 heteroatoms. The van der Waals surface area contributed by atoms with E-state index >= 15 is 0 Å². The second-order valence-corrected chi connectivity index (χ2v) is 6.09. The Labute approximate surface area is 141 Å². The third kappa shape index (κ3) is 3.54. The number of carbonyl (C=O) groups is 1. The fourth-order valence-electron chi connectivity index (χ4n) is 3.06. The number of rotatable bonds is 4. The van der Waals surface area contributed by atoms with Gasteiger partial charge in [0.15, 0.2) is 0 Å². The van der Waals surface area contributed by atoms with Crippen molar-refractivity contribution in [2.24, 2.45) is 0 Å². The molecule has 0 bridgehead atoms. The van der Waals surface area contributed by atoms with Crippen molar-refractivity contribution < 1.29 is 9.90 Å². The molecule has 2 amide bonds. The molecule has 1 unspecified atom stereocenters. The summed E-state index contributed by atoms with van der Waals surface area (Å²) in [6, 6.07) is 7.74. The predicted molar refractivity (Wildman–Crippen MR) is 91.2 cm³/mol. The van der Waals surface area contributed by atoms with E-state index < -0.39 is 0 Å². The van der Waals surface area contributed by atoms with Gasteiger partial charge >= 0.3 is 6.03 Å². The van der Waals surface area contributed by atoms with Crippen molar-refractivity contribution in [3.05, 3.63) is 48.5 Å². The van der Waals surface area contributed by atoms with Gasteiger partial charge in [0.1, 0.15) is 6.33 Å². The summed E-state index contributed by atoms with van der Waals surface area (Å²) in [5, 5.41) is 12.4. The van der Waals surface area contributed by atoms with Crippen LogP contribution in [-0.2, 0) is 0 Å². The molecule has 2 atom stereocenters. The highest BCUT2D eigenvalue weighted by atomic mass is 16.3. The zero-order valence-corrected chi connectivity index (χ0v) is 13.7. The maximum absolute atomic E-state index is 12.4. The predicted octanol–water partition coefficient (Wildman–Crippen LogP) is 2.37. The van der Waals surface area contributed by atoms with Gasteiger partial charge in [-0.2, -0.15) is 0 Å². The lowest BCUT2D eigenvalue weighted by atomic mass is 10.0. The number of urea groups is 1. The van der Waals surface area contributed by atoms with E-state index in [1.807, 2.05) is 31.2 Å². The number of amides is 2. The first-order valence-corrected chi connectivity index (χ1v) is 8.22. The number of carbonyl (C=O) groups excluding carboxylic acids is 1. The van der Waals surface area contributed by atoms with Crippen LogP contribution in [-0.4, -0.2) is 45.2 Å². The number of likely N-dealkylation sites (tertiary alicyclic amines) is 1. The van der Waals surface area contributed by atoms with E-state index in [4.69, 9.17) is 0 Å². The van der Waals surface area contributed by atoms with Crippen LogP contribution in [0, 0.1) is 0 Å². The molecule has 1 fully saturated rings. The molecule has 126 valence electrons. The van der Waals surface area contributed by atoms with Crippen molar-refractivity contribution in [2.75, 3.05) is 13.2 Å². The van der Waals surface area contributed by atoms with Crippen molar-refractivity contribution in [1.29, 1.82) is 0 Å². The minimum atomic E-state index is -0.111. The monoisotopic (exact) mass is 326 g/mol. The molecule has 1 aromatic heterocycles. The number of aliphatic hydroxyl groups excluding tert-OH is 1. The quantitative estimate of drug-likeness (QED) is 0.904. The molecule has 0 saturated carbocycles. The summed E-state index contributed by atoms with van der Waals surface area (Å²) in [5.41, 5.74) is 3.03. The van der Waals surface area contributed by atoms with Crippen LogP contribution >= 0.6 is 0 Å². The number of aliphatic hydroxyl groups is 1. The smallest absolute Gasteiger partial charge is 0.318 e. The average molecular weight is 326 g/mol. The molecule has 0 spiro atoms. The van der Waals surface area contributed by atoms with Crippen molar-refractivity contribution in [1.82, 2.24) is 20.2 Å². The van der Waals surface area contributed by atoms with Gasteiger partial charge in [-0.3, -0.25) is 0 Å². The van der Waals surface area contributed by atoms with Gasteiger partial charge in [0.2, 0.25) is 0 Å². The summed E-state index contributed by atoms with van der Waals surface area (Å²) < 4.78 is 0. The largest absolute Gasteiger partial charge is 0.394 e. The van der Waals surface area contributed by atoms with Crippen LogP contribution in [0.3, 0.4) is 0 Å². The highest BCUT2D eigenvalue weighted by Gasteiger charge is 2.28. The zero-order valence-electron chi connectivity index (χ0n) is 13.7. The van der Waals surface area contributed by atoms with Crippen LogP contribution < -0.4 is 5.32 Å². The highest BCUT2D eigenvalue weighted by molar-refractivity contribution is 5.75.